The molecule has 27 heavy (non-hydrogen) atoms. The molecule has 0 bridgehead atoms. The van der Waals surface area contributed by atoms with Crippen molar-refractivity contribution in [2.75, 3.05) is 36.4 Å². The lowest BCUT2D eigenvalue weighted by Gasteiger charge is -2.11. The second-order valence-corrected chi connectivity index (χ2v) is 8.29. The van der Waals surface area contributed by atoms with Crippen molar-refractivity contribution in [3.8, 4) is 11.5 Å². The molecule has 1 unspecified atom stereocenters. The third-order valence-corrected chi connectivity index (χ3v) is 5.89. The van der Waals surface area contributed by atoms with Gasteiger partial charge in [0.05, 0.1) is 31.3 Å². The third-order valence-electron chi connectivity index (χ3n) is 4.12. The van der Waals surface area contributed by atoms with E-state index in [1.807, 2.05) is 0 Å². The number of aromatic nitrogens is 2. The Morgan fingerprint density at radius 3 is 2.44 bits per heavy atom. The highest BCUT2D eigenvalue weighted by Gasteiger charge is 2.28. The van der Waals surface area contributed by atoms with Crippen LogP contribution < -0.4 is 20.1 Å². The van der Waals surface area contributed by atoms with Crippen molar-refractivity contribution in [2.45, 2.75) is 12.5 Å². The van der Waals surface area contributed by atoms with E-state index in [4.69, 9.17) is 9.47 Å². The van der Waals surface area contributed by atoms with Crippen LogP contribution in [0.1, 0.15) is 16.8 Å². The molecule has 10 heteroatoms. The molecule has 3 rings (SSSR count). The van der Waals surface area contributed by atoms with Gasteiger partial charge in [0.2, 0.25) is 5.95 Å². The maximum atomic E-state index is 12.3. The quantitative estimate of drug-likeness (QED) is 0.756. The van der Waals surface area contributed by atoms with Crippen LogP contribution in [0.5, 0.6) is 11.5 Å². The summed E-state index contributed by atoms with van der Waals surface area (Å²) in [6, 6.07) is 4.82. The highest BCUT2D eigenvalue weighted by molar-refractivity contribution is 7.91. The molecule has 1 aliphatic rings. The molecule has 1 aliphatic heterocycles. The van der Waals surface area contributed by atoms with Crippen LogP contribution in [0.25, 0.3) is 0 Å². The smallest absolute Gasteiger partial charge is 0.258 e. The van der Waals surface area contributed by atoms with E-state index >= 15 is 0 Å². The Morgan fingerprint density at radius 1 is 1.15 bits per heavy atom. The molecular weight excluding hydrogens is 372 g/mol. The molecule has 1 aromatic carbocycles. The highest BCUT2D eigenvalue weighted by Crippen LogP contribution is 2.29. The van der Waals surface area contributed by atoms with Gasteiger partial charge in [0.25, 0.3) is 5.91 Å². The number of anilines is 2. The van der Waals surface area contributed by atoms with Gasteiger partial charge in [-0.1, -0.05) is 0 Å². The zero-order valence-corrected chi connectivity index (χ0v) is 15.7. The minimum absolute atomic E-state index is 0.0674. The molecule has 0 saturated carbocycles. The number of rotatable bonds is 6. The molecule has 1 saturated heterocycles. The van der Waals surface area contributed by atoms with Gasteiger partial charge < -0.3 is 20.1 Å². The molecule has 0 aliphatic carbocycles. The summed E-state index contributed by atoms with van der Waals surface area (Å²) in [6.45, 7) is 0. The average molecular weight is 392 g/mol. The molecule has 144 valence electrons. The summed E-state index contributed by atoms with van der Waals surface area (Å²) >= 11 is 0. The molecule has 1 fully saturated rings. The maximum absolute atomic E-state index is 12.3. The monoisotopic (exact) mass is 392 g/mol. The van der Waals surface area contributed by atoms with Crippen molar-refractivity contribution in [3.63, 3.8) is 0 Å². The van der Waals surface area contributed by atoms with Crippen LogP contribution >= 0.6 is 0 Å². The Balaban J connectivity index is 1.64. The van der Waals surface area contributed by atoms with Crippen molar-refractivity contribution >= 4 is 27.4 Å². The molecular formula is C17H20N4O5S. The first-order valence-electron chi connectivity index (χ1n) is 8.22. The molecule has 0 spiro atoms. The summed E-state index contributed by atoms with van der Waals surface area (Å²) < 4.78 is 33.3. The van der Waals surface area contributed by atoms with Gasteiger partial charge in [-0.15, -0.1) is 0 Å². The lowest BCUT2D eigenvalue weighted by molar-refractivity contribution is 0.102. The summed E-state index contributed by atoms with van der Waals surface area (Å²) in [5.74, 6) is 1.20. The van der Waals surface area contributed by atoms with Crippen LogP contribution in [0.3, 0.4) is 0 Å². The van der Waals surface area contributed by atoms with Crippen molar-refractivity contribution in [1.82, 2.24) is 9.97 Å². The number of hydrogen-bond acceptors (Lipinski definition) is 8. The lowest BCUT2D eigenvalue weighted by atomic mass is 10.2. The van der Waals surface area contributed by atoms with Crippen LogP contribution in [0, 0.1) is 0 Å². The van der Waals surface area contributed by atoms with Crippen molar-refractivity contribution in [2.24, 2.45) is 0 Å². The van der Waals surface area contributed by atoms with Crippen LogP contribution in [-0.2, 0) is 9.84 Å². The van der Waals surface area contributed by atoms with Crippen molar-refractivity contribution < 1.29 is 22.7 Å². The van der Waals surface area contributed by atoms with E-state index in [-0.39, 0.29) is 29.0 Å². The fourth-order valence-corrected chi connectivity index (χ4v) is 4.40. The molecule has 9 nitrogen and oxygen atoms in total. The largest absolute Gasteiger partial charge is 0.493 e. The summed E-state index contributed by atoms with van der Waals surface area (Å²) in [4.78, 5) is 20.5. The van der Waals surface area contributed by atoms with Gasteiger partial charge in [0, 0.05) is 30.2 Å². The average Bonchev–Trinajstić information content (AvgIpc) is 3.00. The molecule has 0 radical (unpaired) electrons. The van der Waals surface area contributed by atoms with Gasteiger partial charge >= 0.3 is 0 Å². The van der Waals surface area contributed by atoms with E-state index in [1.54, 1.807) is 18.2 Å². The summed E-state index contributed by atoms with van der Waals surface area (Å²) in [6.07, 6.45) is 3.29. The van der Waals surface area contributed by atoms with Crippen molar-refractivity contribution in [1.29, 1.82) is 0 Å². The first kappa shape index (κ1) is 18.9. The number of carbonyl (C=O) groups is 1. The van der Waals surface area contributed by atoms with E-state index in [2.05, 4.69) is 20.6 Å². The van der Waals surface area contributed by atoms with E-state index < -0.39 is 9.84 Å². The van der Waals surface area contributed by atoms with E-state index in [9.17, 15) is 13.2 Å². The second kappa shape index (κ2) is 7.78. The first-order valence-corrected chi connectivity index (χ1v) is 10.0. The Morgan fingerprint density at radius 2 is 1.85 bits per heavy atom. The van der Waals surface area contributed by atoms with Gasteiger partial charge in [-0.3, -0.25) is 4.79 Å². The molecule has 1 atom stereocenters. The summed E-state index contributed by atoms with van der Waals surface area (Å²) in [5.41, 5.74) is 0.811. The van der Waals surface area contributed by atoms with Gasteiger partial charge in [0.1, 0.15) is 0 Å². The molecule has 2 heterocycles. The molecule has 1 aromatic heterocycles. The van der Waals surface area contributed by atoms with Gasteiger partial charge in [-0.2, -0.15) is 0 Å². The Hall–Kier alpha value is -2.88. The van der Waals surface area contributed by atoms with Crippen molar-refractivity contribution in [3.05, 3.63) is 36.2 Å². The number of benzene rings is 1. The Kier molecular flexibility index (Phi) is 5.45. The standard InChI is InChI=1S/C17H20N4O5S/c1-25-14-4-3-12(7-15(14)26-2)20-16(22)11-8-18-17(19-9-11)21-13-5-6-27(23,24)10-13/h3-4,7-9,13H,5-6,10H2,1-2H3,(H,20,22)(H,18,19,21). The molecule has 1 amide bonds. The fourth-order valence-electron chi connectivity index (χ4n) is 2.73. The molecule has 2 aromatic rings. The third kappa shape index (κ3) is 4.64. The first-order chi connectivity index (χ1) is 12.9. The normalized spacial score (nSPS) is 17.9. The number of nitrogens with one attached hydrogen (secondary N) is 2. The second-order valence-electron chi connectivity index (χ2n) is 6.06. The minimum Gasteiger partial charge on any atom is -0.493 e. The maximum Gasteiger partial charge on any atom is 0.258 e. The molecule has 2 N–H and O–H groups in total. The van der Waals surface area contributed by atoms with Crippen LogP contribution in [0.4, 0.5) is 11.6 Å². The minimum atomic E-state index is -2.98. The Bertz CT molecular complexity index is 931. The summed E-state index contributed by atoms with van der Waals surface area (Å²) in [5, 5.41) is 5.71. The summed E-state index contributed by atoms with van der Waals surface area (Å²) in [7, 11) is 0.0603. The van der Waals surface area contributed by atoms with Crippen LogP contribution in [0.15, 0.2) is 30.6 Å². The number of carbonyl (C=O) groups excluding carboxylic acids is 1. The number of amides is 1. The number of methoxy groups -OCH3 is 2. The zero-order chi connectivity index (χ0) is 19.4. The van der Waals surface area contributed by atoms with Crippen LogP contribution in [-0.4, -0.2) is 56.1 Å². The number of hydrogen-bond donors (Lipinski definition) is 2. The zero-order valence-electron chi connectivity index (χ0n) is 14.9. The van der Waals surface area contributed by atoms with Gasteiger partial charge in [-0.05, 0) is 18.6 Å². The topological polar surface area (TPSA) is 120 Å². The Labute approximate surface area is 157 Å². The number of nitrogens with zero attached hydrogens (tertiary/aromatic N) is 2. The predicted octanol–water partition coefficient (Wildman–Crippen LogP) is 1.35. The van der Waals surface area contributed by atoms with E-state index in [1.165, 1.54) is 26.6 Å². The van der Waals surface area contributed by atoms with Crippen LogP contribution in [0.2, 0.25) is 0 Å². The van der Waals surface area contributed by atoms with E-state index in [0.29, 0.717) is 29.6 Å². The van der Waals surface area contributed by atoms with Gasteiger partial charge in [-0.25, -0.2) is 18.4 Å². The SMILES string of the molecule is COc1ccc(NC(=O)c2cnc(NC3CCS(=O)(=O)C3)nc2)cc1OC. The number of sulfone groups is 1. The number of ether oxygens (including phenoxy) is 2. The highest BCUT2D eigenvalue weighted by atomic mass is 32.2. The van der Waals surface area contributed by atoms with E-state index in [0.717, 1.165) is 0 Å². The van der Waals surface area contributed by atoms with Gasteiger partial charge in [0.15, 0.2) is 21.3 Å². The lowest BCUT2D eigenvalue weighted by Crippen LogP contribution is -2.22. The fraction of sp³-hybridized carbons (Fsp3) is 0.353. The predicted molar refractivity (Wildman–Crippen MR) is 100 cm³/mol.